The summed E-state index contributed by atoms with van der Waals surface area (Å²) in [7, 11) is 2.75. The molecule has 0 aromatic heterocycles. The zero-order valence-electron chi connectivity index (χ0n) is 12.5. The van der Waals surface area contributed by atoms with Crippen LogP contribution in [0.2, 0.25) is 5.02 Å². The van der Waals surface area contributed by atoms with Crippen molar-refractivity contribution < 1.29 is 18.8 Å². The van der Waals surface area contributed by atoms with Crippen molar-refractivity contribution in [3.63, 3.8) is 0 Å². The Morgan fingerprint density at radius 3 is 2.57 bits per heavy atom. The predicted octanol–water partition coefficient (Wildman–Crippen LogP) is 4.21. The maximum Gasteiger partial charge on any atom is 0.342 e. The maximum absolute atomic E-state index is 12.6. The highest BCUT2D eigenvalue weighted by molar-refractivity contribution is 9.10. The Labute approximate surface area is 151 Å². The molecule has 0 aliphatic carbocycles. The van der Waals surface area contributed by atoms with Crippen LogP contribution in [-0.2, 0) is 21.7 Å². The van der Waals surface area contributed by atoms with E-state index in [1.54, 1.807) is 36.4 Å². The van der Waals surface area contributed by atoms with Crippen molar-refractivity contribution in [3.05, 3.63) is 57.0 Å². The molecule has 2 aromatic carbocycles. The Bertz CT molecular complexity index is 723. The lowest BCUT2D eigenvalue weighted by Crippen LogP contribution is -2.13. The van der Waals surface area contributed by atoms with Crippen LogP contribution >= 0.6 is 27.5 Å². The number of carbonyl (C=O) groups excluding carboxylic acids is 1. The van der Waals surface area contributed by atoms with Crippen molar-refractivity contribution >= 4 is 44.7 Å². The number of benzene rings is 2. The Morgan fingerprint density at radius 1 is 1.26 bits per heavy atom. The lowest BCUT2D eigenvalue weighted by atomic mass is 10.1. The molecular formula is C16H14BrClO4S. The summed E-state index contributed by atoms with van der Waals surface area (Å²) < 4.78 is 23.3. The van der Waals surface area contributed by atoms with Gasteiger partial charge in [0.15, 0.2) is 4.90 Å². The van der Waals surface area contributed by atoms with Crippen molar-refractivity contribution in [2.75, 3.05) is 14.2 Å². The van der Waals surface area contributed by atoms with Gasteiger partial charge in [-0.3, -0.25) is 0 Å². The summed E-state index contributed by atoms with van der Waals surface area (Å²) >= 11 is 8.01. The minimum absolute atomic E-state index is 0.123. The van der Waals surface area contributed by atoms with Gasteiger partial charge in [0.2, 0.25) is 0 Å². The van der Waals surface area contributed by atoms with E-state index in [9.17, 15) is 9.35 Å². The first-order chi connectivity index (χ1) is 11.0. The van der Waals surface area contributed by atoms with Crippen LogP contribution in [0.4, 0.5) is 0 Å². The molecule has 0 amide bonds. The standard InChI is InChI=1S/C16H14BrClO4S/c1-21-15-11(17)8-7-10(14(15)16(19)22-2)9-23(20)13-6-4-3-5-12(13)18/h3-8H,9H2,1-2H3. The molecule has 1 unspecified atom stereocenters. The van der Waals surface area contributed by atoms with Crippen LogP contribution in [0.15, 0.2) is 45.8 Å². The van der Waals surface area contributed by atoms with Crippen molar-refractivity contribution in [1.82, 2.24) is 0 Å². The maximum atomic E-state index is 12.6. The number of hydrogen-bond acceptors (Lipinski definition) is 4. The molecule has 4 nitrogen and oxygen atoms in total. The first kappa shape index (κ1) is 18.1. The highest BCUT2D eigenvalue weighted by atomic mass is 79.9. The highest BCUT2D eigenvalue weighted by Crippen LogP contribution is 2.34. The fourth-order valence-corrected chi connectivity index (χ4v) is 4.17. The zero-order valence-corrected chi connectivity index (χ0v) is 15.6. The molecule has 0 saturated carbocycles. The smallest absolute Gasteiger partial charge is 0.342 e. The monoisotopic (exact) mass is 416 g/mol. The van der Waals surface area contributed by atoms with Gasteiger partial charge in [0.25, 0.3) is 0 Å². The number of hydrogen-bond donors (Lipinski definition) is 0. The van der Waals surface area contributed by atoms with Crippen LogP contribution in [-0.4, -0.2) is 24.7 Å². The van der Waals surface area contributed by atoms with E-state index in [1.165, 1.54) is 14.2 Å². The van der Waals surface area contributed by atoms with Gasteiger partial charge in [0.05, 0.1) is 23.7 Å². The summed E-state index contributed by atoms with van der Waals surface area (Å²) in [4.78, 5) is 12.6. The van der Waals surface area contributed by atoms with Crippen LogP contribution < -0.4 is 4.74 Å². The van der Waals surface area contributed by atoms with Crippen molar-refractivity contribution in [3.8, 4) is 5.75 Å². The molecule has 1 atom stereocenters. The second kappa shape index (κ2) is 8.06. The molecule has 23 heavy (non-hydrogen) atoms. The van der Waals surface area contributed by atoms with E-state index < -0.39 is 17.1 Å². The van der Waals surface area contributed by atoms with Gasteiger partial charge in [-0.05, 0) is 45.3 Å². The van der Waals surface area contributed by atoms with E-state index in [-0.39, 0.29) is 11.3 Å². The number of ether oxygens (including phenoxy) is 2. The number of carbonyl (C=O) groups is 1. The molecule has 2 aromatic rings. The topological polar surface area (TPSA) is 58.6 Å². The Hall–Kier alpha value is -1.21. The highest BCUT2D eigenvalue weighted by Gasteiger charge is 2.25. The molecule has 0 radical (unpaired) electrons. The summed E-state index contributed by atoms with van der Waals surface area (Å²) in [6.45, 7) is 0. The molecule has 122 valence electrons. The fourth-order valence-electron chi connectivity index (χ4n) is 2.09. The number of rotatable bonds is 5. The number of methoxy groups -OCH3 is 2. The molecule has 0 aliphatic heterocycles. The molecule has 2 rings (SSSR count). The van der Waals surface area contributed by atoms with E-state index in [0.717, 1.165) is 0 Å². The minimum atomic E-state index is -1.40. The van der Waals surface area contributed by atoms with Gasteiger partial charge in [-0.1, -0.05) is 29.8 Å². The van der Waals surface area contributed by atoms with Gasteiger partial charge >= 0.3 is 5.97 Å². The quantitative estimate of drug-likeness (QED) is 0.540. The normalized spacial score (nSPS) is 11.9. The Balaban J connectivity index is 2.43. The van der Waals surface area contributed by atoms with E-state index in [4.69, 9.17) is 21.1 Å². The molecule has 7 heteroatoms. The summed E-state index contributed by atoms with van der Waals surface area (Å²) in [5, 5.41) is 0.425. The van der Waals surface area contributed by atoms with E-state index >= 15 is 0 Å². The first-order valence-corrected chi connectivity index (χ1v) is 9.05. The summed E-state index contributed by atoms with van der Waals surface area (Å²) in [6, 6.07) is 10.4. The molecular weight excluding hydrogens is 404 g/mol. The predicted molar refractivity (Wildman–Crippen MR) is 93.6 cm³/mol. The van der Waals surface area contributed by atoms with Gasteiger partial charge in [0, 0.05) is 5.56 Å². The largest absolute Gasteiger partial charge is 0.611 e. The second-order valence-corrected chi connectivity index (χ2v) is 7.21. The first-order valence-electron chi connectivity index (χ1n) is 6.56. The number of halogens is 2. The van der Waals surface area contributed by atoms with Crippen molar-refractivity contribution in [1.29, 1.82) is 0 Å². The summed E-state index contributed by atoms with van der Waals surface area (Å²) in [5.74, 6) is -0.0718. The molecule has 0 bridgehead atoms. The van der Waals surface area contributed by atoms with Crippen LogP contribution in [0, 0.1) is 0 Å². The SMILES string of the molecule is COC(=O)c1c(C[S+]([O-])c2ccccc2Cl)ccc(Br)c1OC. The van der Waals surface area contributed by atoms with E-state index in [2.05, 4.69) is 15.9 Å². The lowest BCUT2D eigenvalue weighted by molar-refractivity contribution is 0.0596. The molecule has 0 saturated heterocycles. The van der Waals surface area contributed by atoms with Crippen LogP contribution in [0.5, 0.6) is 5.75 Å². The average molecular weight is 418 g/mol. The fraction of sp³-hybridized carbons (Fsp3) is 0.188. The number of esters is 1. The van der Waals surface area contributed by atoms with Gasteiger partial charge in [-0.2, -0.15) is 0 Å². The summed E-state index contributed by atoms with van der Waals surface area (Å²) in [5.41, 5.74) is 0.819. The third-order valence-corrected chi connectivity index (χ3v) is 5.64. The van der Waals surface area contributed by atoms with Crippen molar-refractivity contribution in [2.24, 2.45) is 0 Å². The van der Waals surface area contributed by atoms with Crippen LogP contribution in [0.25, 0.3) is 0 Å². The van der Waals surface area contributed by atoms with Crippen molar-refractivity contribution in [2.45, 2.75) is 10.6 Å². The van der Waals surface area contributed by atoms with E-state index in [0.29, 0.717) is 25.7 Å². The second-order valence-electron chi connectivity index (χ2n) is 4.53. The van der Waals surface area contributed by atoms with Gasteiger partial charge in [0.1, 0.15) is 17.1 Å². The molecule has 0 spiro atoms. The van der Waals surface area contributed by atoms with E-state index in [1.807, 2.05) is 0 Å². The molecule has 0 heterocycles. The third-order valence-electron chi connectivity index (χ3n) is 3.16. The van der Waals surface area contributed by atoms with Gasteiger partial charge < -0.3 is 14.0 Å². The Morgan fingerprint density at radius 2 is 1.96 bits per heavy atom. The van der Waals surface area contributed by atoms with Gasteiger partial charge in [-0.15, -0.1) is 0 Å². The Kier molecular flexibility index (Phi) is 6.35. The van der Waals surface area contributed by atoms with Crippen LogP contribution in [0.3, 0.4) is 0 Å². The summed E-state index contributed by atoms with van der Waals surface area (Å²) in [6.07, 6.45) is 0. The zero-order chi connectivity index (χ0) is 17.0. The lowest BCUT2D eigenvalue weighted by Gasteiger charge is -2.16. The molecule has 0 N–H and O–H groups in total. The average Bonchev–Trinajstić information content (AvgIpc) is 2.55. The van der Waals surface area contributed by atoms with Crippen LogP contribution in [0.1, 0.15) is 15.9 Å². The minimum Gasteiger partial charge on any atom is -0.611 e. The third kappa shape index (κ3) is 4.01. The van der Waals surface area contributed by atoms with Gasteiger partial charge in [-0.25, -0.2) is 4.79 Å². The molecule has 0 aliphatic rings. The molecule has 0 fully saturated rings.